The zero-order chi connectivity index (χ0) is 15.8. The fraction of sp³-hybridized carbons (Fsp3) is 0.647. The summed E-state index contributed by atoms with van der Waals surface area (Å²) in [5, 5.41) is 9.67. The number of H-pyrrole nitrogens is 1. The maximum absolute atomic E-state index is 9.67. The van der Waals surface area contributed by atoms with Crippen LogP contribution in [0.5, 0.6) is 0 Å². The van der Waals surface area contributed by atoms with E-state index >= 15 is 0 Å². The van der Waals surface area contributed by atoms with Crippen LogP contribution in [0.4, 0.5) is 5.82 Å². The van der Waals surface area contributed by atoms with Crippen molar-refractivity contribution < 1.29 is 5.11 Å². The largest absolute Gasteiger partial charge is 0.393 e. The molecule has 2 N–H and O–H groups in total. The van der Waals surface area contributed by atoms with Crippen LogP contribution in [0.3, 0.4) is 0 Å². The van der Waals surface area contributed by atoms with Gasteiger partial charge in [0, 0.05) is 38.4 Å². The molecule has 2 aliphatic rings. The van der Waals surface area contributed by atoms with E-state index in [0.717, 1.165) is 61.7 Å². The van der Waals surface area contributed by atoms with E-state index in [1.165, 1.54) is 12.8 Å². The van der Waals surface area contributed by atoms with Crippen LogP contribution in [0.2, 0.25) is 0 Å². The minimum absolute atomic E-state index is 0.0866. The zero-order valence-corrected chi connectivity index (χ0v) is 13.7. The third-order valence-corrected chi connectivity index (χ3v) is 5.28. The molecule has 2 aromatic rings. The second-order valence-electron chi connectivity index (χ2n) is 6.82. The van der Waals surface area contributed by atoms with Crippen LogP contribution in [0.15, 0.2) is 12.3 Å². The molecule has 2 aromatic heterocycles. The quantitative estimate of drug-likeness (QED) is 0.883. The van der Waals surface area contributed by atoms with Crippen molar-refractivity contribution >= 4 is 16.9 Å². The molecular weight excluding hydrogens is 290 g/mol. The predicted octanol–water partition coefficient (Wildman–Crippen LogP) is 1.69. The van der Waals surface area contributed by atoms with Gasteiger partial charge in [-0.1, -0.05) is 0 Å². The molecule has 0 spiro atoms. The van der Waals surface area contributed by atoms with E-state index in [1.54, 1.807) is 0 Å². The van der Waals surface area contributed by atoms with Gasteiger partial charge in [0.2, 0.25) is 0 Å². The van der Waals surface area contributed by atoms with E-state index < -0.39 is 0 Å². The van der Waals surface area contributed by atoms with E-state index in [9.17, 15) is 5.11 Å². The summed E-state index contributed by atoms with van der Waals surface area (Å²) < 4.78 is 0. The molecule has 0 saturated carbocycles. The van der Waals surface area contributed by atoms with Crippen LogP contribution in [-0.4, -0.2) is 63.3 Å². The minimum atomic E-state index is -0.0866. The SMILES string of the molecule is Cc1nc(N2CCC(N3CCC(O)CC3)CC2)c2[nH]ccc2n1. The second-order valence-corrected chi connectivity index (χ2v) is 6.82. The Bertz CT molecular complexity index is 669. The first kappa shape index (κ1) is 14.9. The van der Waals surface area contributed by atoms with Crippen molar-refractivity contribution in [1.82, 2.24) is 19.9 Å². The number of fused-ring (bicyclic) bond motifs is 1. The van der Waals surface area contributed by atoms with Crippen molar-refractivity contribution in [3.63, 3.8) is 0 Å². The van der Waals surface area contributed by atoms with Gasteiger partial charge in [0.25, 0.3) is 0 Å². The van der Waals surface area contributed by atoms with Gasteiger partial charge in [0.15, 0.2) is 5.82 Å². The number of rotatable bonds is 2. The van der Waals surface area contributed by atoms with Crippen LogP contribution in [0, 0.1) is 6.92 Å². The molecule has 4 rings (SSSR count). The van der Waals surface area contributed by atoms with Crippen molar-refractivity contribution in [3.8, 4) is 0 Å². The minimum Gasteiger partial charge on any atom is -0.393 e. The summed E-state index contributed by atoms with van der Waals surface area (Å²) in [4.78, 5) is 17.4. The van der Waals surface area contributed by atoms with E-state index in [-0.39, 0.29) is 6.10 Å². The molecule has 0 atom stereocenters. The average molecular weight is 315 g/mol. The predicted molar refractivity (Wildman–Crippen MR) is 90.7 cm³/mol. The number of aryl methyl sites for hydroxylation is 1. The first-order valence-corrected chi connectivity index (χ1v) is 8.69. The molecule has 0 radical (unpaired) electrons. The normalized spacial score (nSPS) is 22.1. The molecule has 6 heteroatoms. The fourth-order valence-corrected chi connectivity index (χ4v) is 3.96. The van der Waals surface area contributed by atoms with Gasteiger partial charge in [-0.3, -0.25) is 0 Å². The summed E-state index contributed by atoms with van der Waals surface area (Å²) in [6, 6.07) is 2.67. The first-order chi connectivity index (χ1) is 11.2. The summed E-state index contributed by atoms with van der Waals surface area (Å²) >= 11 is 0. The third kappa shape index (κ3) is 2.93. The van der Waals surface area contributed by atoms with Gasteiger partial charge in [-0.05, 0) is 38.7 Å². The van der Waals surface area contributed by atoms with Crippen molar-refractivity contribution in [3.05, 3.63) is 18.1 Å². The summed E-state index contributed by atoms with van der Waals surface area (Å²) in [5.74, 6) is 1.88. The molecule has 0 amide bonds. The van der Waals surface area contributed by atoms with Crippen LogP contribution in [0.1, 0.15) is 31.5 Å². The Labute approximate surface area is 136 Å². The number of anilines is 1. The number of aromatic nitrogens is 3. The van der Waals surface area contributed by atoms with Gasteiger partial charge in [-0.2, -0.15) is 0 Å². The van der Waals surface area contributed by atoms with Crippen LogP contribution >= 0.6 is 0 Å². The van der Waals surface area contributed by atoms with Gasteiger partial charge < -0.3 is 19.9 Å². The Morgan fingerprint density at radius 2 is 1.83 bits per heavy atom. The number of nitrogens with one attached hydrogen (secondary N) is 1. The Kier molecular flexibility index (Phi) is 3.95. The van der Waals surface area contributed by atoms with Gasteiger partial charge in [-0.15, -0.1) is 0 Å². The van der Waals surface area contributed by atoms with Crippen LogP contribution in [0.25, 0.3) is 11.0 Å². The zero-order valence-electron chi connectivity index (χ0n) is 13.7. The highest BCUT2D eigenvalue weighted by Gasteiger charge is 2.28. The number of aliphatic hydroxyl groups is 1. The van der Waals surface area contributed by atoms with E-state index in [4.69, 9.17) is 0 Å². The van der Waals surface area contributed by atoms with E-state index in [0.29, 0.717) is 6.04 Å². The highest BCUT2D eigenvalue weighted by molar-refractivity contribution is 5.86. The molecule has 0 aromatic carbocycles. The summed E-state index contributed by atoms with van der Waals surface area (Å²) in [6.07, 6.45) is 6.04. The van der Waals surface area contributed by atoms with Crippen molar-refractivity contribution in [2.45, 2.75) is 44.8 Å². The Balaban J connectivity index is 1.45. The average Bonchev–Trinajstić information content (AvgIpc) is 3.03. The molecule has 2 saturated heterocycles. The van der Waals surface area contributed by atoms with E-state index in [2.05, 4.69) is 24.8 Å². The monoisotopic (exact) mass is 315 g/mol. The highest BCUT2D eigenvalue weighted by Crippen LogP contribution is 2.27. The number of piperidine rings is 2. The second kappa shape index (κ2) is 6.09. The molecule has 4 heterocycles. The summed E-state index contributed by atoms with van der Waals surface area (Å²) in [6.45, 7) is 6.11. The number of aromatic amines is 1. The third-order valence-electron chi connectivity index (χ3n) is 5.28. The summed E-state index contributed by atoms with van der Waals surface area (Å²) in [7, 11) is 0. The number of nitrogens with zero attached hydrogens (tertiary/aromatic N) is 4. The van der Waals surface area contributed by atoms with Gasteiger partial charge in [-0.25, -0.2) is 9.97 Å². The van der Waals surface area contributed by atoms with Crippen molar-refractivity contribution in [1.29, 1.82) is 0 Å². The lowest BCUT2D eigenvalue weighted by Gasteiger charge is -2.41. The Morgan fingerprint density at radius 3 is 2.57 bits per heavy atom. The molecule has 2 fully saturated rings. The standard InChI is InChI=1S/C17H25N5O/c1-12-19-15-2-7-18-16(15)17(20-12)22-8-3-13(4-9-22)21-10-5-14(23)6-11-21/h2,7,13-14,18,23H,3-6,8-11H2,1H3. The maximum Gasteiger partial charge on any atom is 0.156 e. The van der Waals surface area contributed by atoms with Gasteiger partial charge in [0.1, 0.15) is 11.3 Å². The van der Waals surface area contributed by atoms with Gasteiger partial charge in [0.05, 0.1) is 11.6 Å². The Hall–Kier alpha value is -1.66. The topological polar surface area (TPSA) is 68.3 Å². The number of hydrogen-bond acceptors (Lipinski definition) is 5. The lowest BCUT2D eigenvalue weighted by atomic mass is 9.99. The van der Waals surface area contributed by atoms with Crippen LogP contribution < -0.4 is 4.90 Å². The maximum atomic E-state index is 9.67. The molecule has 0 aliphatic carbocycles. The lowest BCUT2D eigenvalue weighted by Crippen LogP contribution is -2.48. The van der Waals surface area contributed by atoms with Crippen LogP contribution in [-0.2, 0) is 0 Å². The molecular formula is C17H25N5O. The molecule has 6 nitrogen and oxygen atoms in total. The number of likely N-dealkylation sites (tertiary alicyclic amines) is 1. The number of aliphatic hydroxyl groups excluding tert-OH is 1. The van der Waals surface area contributed by atoms with Crippen molar-refractivity contribution in [2.24, 2.45) is 0 Å². The molecule has 0 unspecified atom stereocenters. The molecule has 23 heavy (non-hydrogen) atoms. The van der Waals surface area contributed by atoms with Gasteiger partial charge >= 0.3 is 0 Å². The highest BCUT2D eigenvalue weighted by atomic mass is 16.3. The Morgan fingerprint density at radius 1 is 1.09 bits per heavy atom. The molecule has 2 aliphatic heterocycles. The van der Waals surface area contributed by atoms with E-state index in [1.807, 2.05) is 19.2 Å². The lowest BCUT2D eigenvalue weighted by molar-refractivity contribution is 0.0542. The number of hydrogen-bond donors (Lipinski definition) is 2. The molecule has 0 bridgehead atoms. The molecule has 124 valence electrons. The first-order valence-electron chi connectivity index (χ1n) is 8.69. The van der Waals surface area contributed by atoms with Crippen molar-refractivity contribution in [2.75, 3.05) is 31.1 Å². The fourth-order valence-electron chi connectivity index (χ4n) is 3.96. The smallest absolute Gasteiger partial charge is 0.156 e. The summed E-state index contributed by atoms with van der Waals surface area (Å²) in [5.41, 5.74) is 2.05.